The highest BCUT2D eigenvalue weighted by atomic mass is 79.9. The zero-order valence-electron chi connectivity index (χ0n) is 8.05. The van der Waals surface area contributed by atoms with Gasteiger partial charge in [0.2, 0.25) is 0 Å². The van der Waals surface area contributed by atoms with Gasteiger partial charge in [0.1, 0.15) is 5.82 Å². The van der Waals surface area contributed by atoms with Crippen molar-refractivity contribution in [2.45, 2.75) is 0 Å². The molecule has 0 bridgehead atoms. The molecule has 0 aliphatic heterocycles. The van der Waals surface area contributed by atoms with Gasteiger partial charge < -0.3 is 5.32 Å². The van der Waals surface area contributed by atoms with Crippen molar-refractivity contribution < 1.29 is 0 Å². The van der Waals surface area contributed by atoms with Gasteiger partial charge in [0, 0.05) is 21.4 Å². The molecule has 0 aliphatic rings. The molecule has 0 aliphatic carbocycles. The predicted octanol–water partition coefficient (Wildman–Crippen LogP) is 5.00. The first-order chi connectivity index (χ1) is 7.65. The van der Waals surface area contributed by atoms with E-state index >= 15 is 0 Å². The SMILES string of the molecule is Clc1cccc(Nc2ncc(Br)cc2Br)c1. The van der Waals surface area contributed by atoms with Crippen LogP contribution in [0.25, 0.3) is 0 Å². The molecule has 82 valence electrons. The quantitative estimate of drug-likeness (QED) is 0.813. The molecular formula is C11H7Br2ClN2. The minimum absolute atomic E-state index is 0.693. The molecule has 0 atom stereocenters. The average Bonchev–Trinajstić information content (AvgIpc) is 2.22. The van der Waals surface area contributed by atoms with Crippen molar-refractivity contribution in [3.63, 3.8) is 0 Å². The largest absolute Gasteiger partial charge is 0.339 e. The number of hydrogen-bond donors (Lipinski definition) is 1. The second-order valence-corrected chi connectivity index (χ2v) is 5.33. The summed E-state index contributed by atoms with van der Waals surface area (Å²) in [5, 5.41) is 3.87. The number of halogens is 3. The third-order valence-corrected chi connectivity index (χ3v) is 3.17. The standard InChI is InChI=1S/C11H7Br2ClN2/c12-7-4-10(13)11(15-6-7)16-9-3-1-2-8(14)5-9/h1-6H,(H,15,16). The summed E-state index contributed by atoms with van der Waals surface area (Å²) in [6.45, 7) is 0. The highest BCUT2D eigenvalue weighted by Gasteiger charge is 2.02. The van der Waals surface area contributed by atoms with Crippen LogP contribution in [0.15, 0.2) is 45.5 Å². The van der Waals surface area contributed by atoms with Gasteiger partial charge in [-0.3, -0.25) is 0 Å². The van der Waals surface area contributed by atoms with E-state index < -0.39 is 0 Å². The zero-order chi connectivity index (χ0) is 11.5. The Bertz CT molecular complexity index is 517. The van der Waals surface area contributed by atoms with Crippen LogP contribution in [0, 0.1) is 0 Å². The molecule has 5 heteroatoms. The summed E-state index contributed by atoms with van der Waals surface area (Å²) >= 11 is 12.7. The van der Waals surface area contributed by atoms with Gasteiger partial charge in [-0.15, -0.1) is 0 Å². The summed E-state index contributed by atoms with van der Waals surface area (Å²) in [4.78, 5) is 4.25. The number of rotatable bonds is 2. The molecule has 2 nitrogen and oxygen atoms in total. The van der Waals surface area contributed by atoms with Crippen LogP contribution in [0.2, 0.25) is 5.02 Å². The van der Waals surface area contributed by atoms with Crippen LogP contribution in [-0.2, 0) is 0 Å². The Hall–Kier alpha value is -0.580. The summed E-state index contributed by atoms with van der Waals surface area (Å²) in [6.07, 6.45) is 1.73. The van der Waals surface area contributed by atoms with Gasteiger partial charge >= 0.3 is 0 Å². The fraction of sp³-hybridized carbons (Fsp3) is 0. The van der Waals surface area contributed by atoms with E-state index in [0.717, 1.165) is 20.5 Å². The number of benzene rings is 1. The molecular weight excluding hydrogens is 355 g/mol. The van der Waals surface area contributed by atoms with E-state index in [1.54, 1.807) is 6.20 Å². The van der Waals surface area contributed by atoms with Crippen LogP contribution in [0.3, 0.4) is 0 Å². The van der Waals surface area contributed by atoms with Gasteiger partial charge in [0.05, 0.1) is 4.47 Å². The minimum Gasteiger partial charge on any atom is -0.339 e. The Morgan fingerprint density at radius 3 is 2.69 bits per heavy atom. The highest BCUT2D eigenvalue weighted by Crippen LogP contribution is 2.27. The van der Waals surface area contributed by atoms with E-state index in [-0.39, 0.29) is 0 Å². The summed E-state index contributed by atoms with van der Waals surface area (Å²) in [6, 6.07) is 9.42. The molecule has 0 saturated carbocycles. The summed E-state index contributed by atoms with van der Waals surface area (Å²) in [5.74, 6) is 0.755. The van der Waals surface area contributed by atoms with Crippen molar-refractivity contribution in [1.82, 2.24) is 4.98 Å². The molecule has 0 amide bonds. The number of pyridine rings is 1. The molecule has 16 heavy (non-hydrogen) atoms. The molecule has 2 aromatic rings. The number of aromatic nitrogens is 1. The summed E-state index contributed by atoms with van der Waals surface area (Å²) in [7, 11) is 0. The Morgan fingerprint density at radius 2 is 2.00 bits per heavy atom. The Kier molecular flexibility index (Phi) is 3.84. The van der Waals surface area contributed by atoms with E-state index in [0.29, 0.717) is 5.02 Å². The van der Waals surface area contributed by atoms with Gasteiger partial charge in [0.15, 0.2) is 0 Å². The lowest BCUT2D eigenvalue weighted by Crippen LogP contribution is -1.94. The monoisotopic (exact) mass is 360 g/mol. The summed E-state index contributed by atoms with van der Waals surface area (Å²) < 4.78 is 1.82. The lowest BCUT2D eigenvalue weighted by Gasteiger charge is -2.07. The van der Waals surface area contributed by atoms with Crippen LogP contribution >= 0.6 is 43.5 Å². The van der Waals surface area contributed by atoms with E-state index in [1.807, 2.05) is 30.3 Å². The van der Waals surface area contributed by atoms with Crippen molar-refractivity contribution in [2.24, 2.45) is 0 Å². The Labute approximate surface area is 115 Å². The molecule has 0 unspecified atom stereocenters. The molecule has 1 aromatic heterocycles. The van der Waals surface area contributed by atoms with E-state index in [1.165, 1.54) is 0 Å². The maximum absolute atomic E-state index is 5.90. The van der Waals surface area contributed by atoms with Crippen molar-refractivity contribution >= 4 is 55.0 Å². The number of nitrogens with one attached hydrogen (secondary N) is 1. The summed E-state index contributed by atoms with van der Waals surface area (Å²) in [5.41, 5.74) is 0.906. The van der Waals surface area contributed by atoms with E-state index in [4.69, 9.17) is 11.6 Å². The topological polar surface area (TPSA) is 24.9 Å². The lowest BCUT2D eigenvalue weighted by atomic mass is 10.3. The van der Waals surface area contributed by atoms with Gasteiger partial charge in [-0.25, -0.2) is 4.98 Å². The molecule has 2 rings (SSSR count). The first kappa shape index (κ1) is 11.9. The van der Waals surface area contributed by atoms with Crippen LogP contribution in [0.4, 0.5) is 11.5 Å². The number of nitrogens with zero attached hydrogens (tertiary/aromatic N) is 1. The third kappa shape index (κ3) is 2.97. The number of anilines is 2. The van der Waals surface area contributed by atoms with Crippen LogP contribution in [-0.4, -0.2) is 4.98 Å². The van der Waals surface area contributed by atoms with Crippen LogP contribution in [0.1, 0.15) is 0 Å². The molecule has 1 aromatic carbocycles. The molecule has 0 saturated heterocycles. The normalized spacial score (nSPS) is 10.2. The third-order valence-electron chi connectivity index (χ3n) is 1.90. The van der Waals surface area contributed by atoms with Crippen molar-refractivity contribution in [2.75, 3.05) is 5.32 Å². The van der Waals surface area contributed by atoms with Crippen molar-refractivity contribution in [3.8, 4) is 0 Å². The second kappa shape index (κ2) is 5.17. The van der Waals surface area contributed by atoms with Gasteiger partial charge in [-0.05, 0) is 56.1 Å². The molecule has 0 radical (unpaired) electrons. The van der Waals surface area contributed by atoms with Crippen molar-refractivity contribution in [3.05, 3.63) is 50.5 Å². The molecule has 1 N–H and O–H groups in total. The lowest BCUT2D eigenvalue weighted by molar-refractivity contribution is 1.27. The minimum atomic E-state index is 0.693. The fourth-order valence-electron chi connectivity index (χ4n) is 1.21. The maximum Gasteiger partial charge on any atom is 0.144 e. The maximum atomic E-state index is 5.90. The van der Waals surface area contributed by atoms with Gasteiger partial charge in [-0.1, -0.05) is 17.7 Å². The smallest absolute Gasteiger partial charge is 0.144 e. The van der Waals surface area contributed by atoms with Crippen LogP contribution < -0.4 is 5.32 Å². The highest BCUT2D eigenvalue weighted by molar-refractivity contribution is 9.11. The number of hydrogen-bond acceptors (Lipinski definition) is 2. The fourth-order valence-corrected chi connectivity index (χ4v) is 2.49. The van der Waals surface area contributed by atoms with Crippen LogP contribution in [0.5, 0.6) is 0 Å². The first-order valence-corrected chi connectivity index (χ1v) is 6.45. The Balaban J connectivity index is 2.27. The zero-order valence-corrected chi connectivity index (χ0v) is 12.0. The first-order valence-electron chi connectivity index (χ1n) is 4.49. The predicted molar refractivity (Wildman–Crippen MR) is 74.4 cm³/mol. The van der Waals surface area contributed by atoms with E-state index in [2.05, 4.69) is 42.2 Å². The second-order valence-electron chi connectivity index (χ2n) is 3.12. The molecule has 0 spiro atoms. The molecule has 0 fully saturated rings. The van der Waals surface area contributed by atoms with Gasteiger partial charge in [0.25, 0.3) is 0 Å². The van der Waals surface area contributed by atoms with Gasteiger partial charge in [-0.2, -0.15) is 0 Å². The average molecular weight is 362 g/mol. The van der Waals surface area contributed by atoms with Crippen molar-refractivity contribution in [1.29, 1.82) is 0 Å². The van der Waals surface area contributed by atoms with E-state index in [9.17, 15) is 0 Å². The molecule has 1 heterocycles. The Morgan fingerprint density at radius 1 is 1.19 bits per heavy atom.